The monoisotopic (exact) mass is 398 g/mol. The molecule has 3 N–H and O–H groups in total. The Morgan fingerprint density at radius 3 is 2.83 bits per heavy atom. The highest BCUT2D eigenvalue weighted by atomic mass is 16.2. The van der Waals surface area contributed by atoms with E-state index in [9.17, 15) is 14.4 Å². The van der Waals surface area contributed by atoms with E-state index in [-0.39, 0.29) is 29.6 Å². The Morgan fingerprint density at radius 1 is 1.24 bits per heavy atom. The summed E-state index contributed by atoms with van der Waals surface area (Å²) in [7, 11) is 0. The van der Waals surface area contributed by atoms with Crippen LogP contribution in [0.3, 0.4) is 0 Å². The van der Waals surface area contributed by atoms with Gasteiger partial charge in [0.25, 0.3) is 5.91 Å². The molecule has 4 rings (SSSR count). The molecule has 0 aromatic heterocycles. The number of hydrogen-bond acceptors (Lipinski definition) is 5. The van der Waals surface area contributed by atoms with Gasteiger partial charge in [-0.25, -0.2) is 0 Å². The number of piperidine rings is 2. The Morgan fingerprint density at radius 2 is 2.07 bits per heavy atom. The number of nitrogens with zero attached hydrogens (tertiary/aromatic N) is 1. The van der Waals surface area contributed by atoms with Gasteiger partial charge in [-0.2, -0.15) is 0 Å². The molecule has 0 bridgehead atoms. The molecule has 3 aliphatic heterocycles. The van der Waals surface area contributed by atoms with Gasteiger partial charge < -0.3 is 15.5 Å². The van der Waals surface area contributed by atoms with E-state index in [1.54, 1.807) is 4.90 Å². The molecule has 3 heterocycles. The fourth-order valence-electron chi connectivity index (χ4n) is 4.79. The van der Waals surface area contributed by atoms with Crippen LogP contribution in [0.25, 0.3) is 0 Å². The van der Waals surface area contributed by atoms with Gasteiger partial charge in [0.15, 0.2) is 0 Å². The van der Waals surface area contributed by atoms with Gasteiger partial charge in [0.2, 0.25) is 11.8 Å². The predicted molar refractivity (Wildman–Crippen MR) is 109 cm³/mol. The molecule has 2 saturated heterocycles. The van der Waals surface area contributed by atoms with Gasteiger partial charge >= 0.3 is 0 Å². The van der Waals surface area contributed by atoms with E-state index in [1.807, 2.05) is 18.2 Å². The lowest BCUT2D eigenvalue weighted by molar-refractivity contribution is -0.136. The SMILES string of the molecule is CC1(C)CCCNC1CNCc1cccc2c1CN(C1CCC(=O)NC1=O)C2=O. The van der Waals surface area contributed by atoms with E-state index in [0.717, 1.165) is 24.2 Å². The third-order valence-electron chi connectivity index (χ3n) is 6.67. The van der Waals surface area contributed by atoms with Crippen LogP contribution in [-0.4, -0.2) is 47.8 Å². The minimum absolute atomic E-state index is 0.119. The van der Waals surface area contributed by atoms with E-state index in [4.69, 9.17) is 0 Å². The van der Waals surface area contributed by atoms with Gasteiger partial charge in [-0.1, -0.05) is 26.0 Å². The van der Waals surface area contributed by atoms with Crippen molar-refractivity contribution in [2.75, 3.05) is 13.1 Å². The second-order valence-corrected chi connectivity index (χ2v) is 9.07. The highest BCUT2D eigenvalue weighted by Gasteiger charge is 2.39. The average molecular weight is 399 g/mol. The summed E-state index contributed by atoms with van der Waals surface area (Å²) >= 11 is 0. The summed E-state index contributed by atoms with van der Waals surface area (Å²) < 4.78 is 0. The maximum absolute atomic E-state index is 12.9. The summed E-state index contributed by atoms with van der Waals surface area (Å²) in [6.07, 6.45) is 3.10. The Bertz CT molecular complexity index is 835. The highest BCUT2D eigenvalue weighted by Crippen LogP contribution is 2.31. The largest absolute Gasteiger partial charge is 0.322 e. The van der Waals surface area contributed by atoms with Crippen LogP contribution in [0.4, 0.5) is 0 Å². The van der Waals surface area contributed by atoms with Crippen LogP contribution in [0.2, 0.25) is 0 Å². The first-order chi connectivity index (χ1) is 13.9. The molecule has 0 radical (unpaired) electrons. The number of carbonyl (C=O) groups excluding carboxylic acids is 3. The van der Waals surface area contributed by atoms with E-state index in [0.29, 0.717) is 31.1 Å². The van der Waals surface area contributed by atoms with Crippen LogP contribution < -0.4 is 16.0 Å². The molecule has 0 aliphatic carbocycles. The van der Waals surface area contributed by atoms with Crippen LogP contribution in [0, 0.1) is 5.41 Å². The zero-order chi connectivity index (χ0) is 20.6. The quantitative estimate of drug-likeness (QED) is 0.651. The fourth-order valence-corrected chi connectivity index (χ4v) is 4.79. The Balaban J connectivity index is 1.43. The molecule has 7 nitrogen and oxygen atoms in total. The molecule has 2 fully saturated rings. The number of benzene rings is 1. The van der Waals surface area contributed by atoms with Gasteiger partial charge in [0.1, 0.15) is 6.04 Å². The van der Waals surface area contributed by atoms with Crippen molar-refractivity contribution in [3.63, 3.8) is 0 Å². The first-order valence-electron chi connectivity index (χ1n) is 10.6. The Labute approximate surface area is 171 Å². The molecular formula is C22H30N4O3. The first-order valence-corrected chi connectivity index (χ1v) is 10.6. The summed E-state index contributed by atoms with van der Waals surface area (Å²) in [4.78, 5) is 38.2. The van der Waals surface area contributed by atoms with E-state index >= 15 is 0 Å². The molecule has 0 saturated carbocycles. The fraction of sp³-hybridized carbons (Fsp3) is 0.591. The van der Waals surface area contributed by atoms with E-state index in [2.05, 4.69) is 29.8 Å². The number of rotatable bonds is 5. The molecule has 2 atom stereocenters. The standard InChI is InChI=1S/C22H30N4O3/c1-22(2)9-4-10-24-18(22)12-23-11-14-5-3-6-15-16(14)13-26(21(15)29)17-7-8-19(27)25-20(17)28/h3,5-6,17-18,23-24H,4,7-13H2,1-2H3,(H,25,27,28). The van der Waals surface area contributed by atoms with Crippen LogP contribution in [-0.2, 0) is 22.7 Å². The van der Waals surface area contributed by atoms with Crippen molar-refractivity contribution < 1.29 is 14.4 Å². The Kier molecular flexibility index (Phi) is 5.44. The van der Waals surface area contributed by atoms with Gasteiger partial charge in [-0.15, -0.1) is 0 Å². The Hall–Kier alpha value is -2.25. The first kappa shape index (κ1) is 20.0. The molecule has 29 heavy (non-hydrogen) atoms. The third-order valence-corrected chi connectivity index (χ3v) is 6.67. The van der Waals surface area contributed by atoms with Crippen molar-refractivity contribution >= 4 is 17.7 Å². The van der Waals surface area contributed by atoms with Gasteiger partial charge in [0, 0.05) is 37.7 Å². The minimum Gasteiger partial charge on any atom is -0.322 e. The lowest BCUT2D eigenvalue weighted by Crippen LogP contribution is -2.52. The number of amides is 3. The molecule has 3 aliphatic rings. The van der Waals surface area contributed by atoms with Crippen molar-refractivity contribution in [3.05, 3.63) is 34.9 Å². The van der Waals surface area contributed by atoms with Crippen molar-refractivity contribution in [1.29, 1.82) is 0 Å². The molecule has 2 unspecified atom stereocenters. The maximum atomic E-state index is 12.9. The number of nitrogens with one attached hydrogen (secondary N) is 3. The second-order valence-electron chi connectivity index (χ2n) is 9.07. The van der Waals surface area contributed by atoms with Crippen LogP contribution in [0.15, 0.2) is 18.2 Å². The normalized spacial score (nSPS) is 26.4. The maximum Gasteiger partial charge on any atom is 0.255 e. The van der Waals surface area contributed by atoms with Gasteiger partial charge in [-0.05, 0) is 48.4 Å². The summed E-state index contributed by atoms with van der Waals surface area (Å²) in [5.74, 6) is -0.751. The molecule has 1 aromatic carbocycles. The number of imide groups is 1. The number of carbonyl (C=O) groups is 3. The van der Waals surface area contributed by atoms with Gasteiger partial charge in [-0.3, -0.25) is 19.7 Å². The minimum atomic E-state index is -0.569. The van der Waals surface area contributed by atoms with Crippen LogP contribution >= 0.6 is 0 Å². The predicted octanol–water partition coefficient (Wildman–Crippen LogP) is 1.32. The average Bonchev–Trinajstić information content (AvgIpc) is 3.00. The lowest BCUT2D eigenvalue weighted by Gasteiger charge is -2.39. The third kappa shape index (κ3) is 3.94. The number of hydrogen-bond donors (Lipinski definition) is 3. The zero-order valence-corrected chi connectivity index (χ0v) is 17.2. The highest BCUT2D eigenvalue weighted by molar-refractivity contribution is 6.05. The molecule has 156 valence electrons. The molecular weight excluding hydrogens is 368 g/mol. The van der Waals surface area contributed by atoms with Crippen molar-refractivity contribution in [2.24, 2.45) is 5.41 Å². The topological polar surface area (TPSA) is 90.5 Å². The van der Waals surface area contributed by atoms with E-state index in [1.165, 1.54) is 12.8 Å². The van der Waals surface area contributed by atoms with Gasteiger partial charge in [0.05, 0.1) is 0 Å². The van der Waals surface area contributed by atoms with Crippen molar-refractivity contribution in [2.45, 2.75) is 64.7 Å². The number of fused-ring (bicyclic) bond motifs is 1. The van der Waals surface area contributed by atoms with Crippen LogP contribution in [0.1, 0.15) is 61.0 Å². The van der Waals surface area contributed by atoms with Crippen molar-refractivity contribution in [3.8, 4) is 0 Å². The zero-order valence-electron chi connectivity index (χ0n) is 17.2. The summed E-state index contributed by atoms with van der Waals surface area (Å²) in [5.41, 5.74) is 3.03. The molecule has 3 amide bonds. The summed E-state index contributed by atoms with van der Waals surface area (Å²) in [6, 6.07) is 5.64. The van der Waals surface area contributed by atoms with E-state index < -0.39 is 6.04 Å². The van der Waals surface area contributed by atoms with Crippen molar-refractivity contribution in [1.82, 2.24) is 20.9 Å². The molecule has 1 aromatic rings. The molecule has 7 heteroatoms. The smallest absolute Gasteiger partial charge is 0.255 e. The lowest BCUT2D eigenvalue weighted by atomic mass is 9.77. The summed E-state index contributed by atoms with van der Waals surface area (Å²) in [5, 5.41) is 9.54. The second kappa shape index (κ2) is 7.88. The van der Waals surface area contributed by atoms with Crippen LogP contribution in [0.5, 0.6) is 0 Å². The summed E-state index contributed by atoms with van der Waals surface area (Å²) in [6.45, 7) is 7.66. The molecule has 0 spiro atoms.